The fraction of sp³-hybridized carbons (Fsp3) is 0.100. The monoisotopic (exact) mass is 290 g/mol. The second-order valence-corrected chi connectivity index (χ2v) is 3.94. The largest absolute Gasteiger partial charge is 0.416 e. The molecule has 0 spiro atoms. The van der Waals surface area contributed by atoms with Crippen molar-refractivity contribution >= 4 is 15.9 Å². The van der Waals surface area contributed by atoms with Crippen molar-refractivity contribution in [3.8, 4) is 5.69 Å². The van der Waals surface area contributed by atoms with Gasteiger partial charge in [0.2, 0.25) is 0 Å². The molecule has 2 rings (SSSR count). The minimum Gasteiger partial charge on any atom is -0.240 e. The smallest absolute Gasteiger partial charge is 0.240 e. The van der Waals surface area contributed by atoms with Gasteiger partial charge in [-0.15, -0.1) is 0 Å². The molecule has 0 amide bonds. The van der Waals surface area contributed by atoms with Crippen molar-refractivity contribution in [1.29, 1.82) is 0 Å². The lowest BCUT2D eigenvalue weighted by atomic mass is 10.2. The van der Waals surface area contributed by atoms with Crippen molar-refractivity contribution in [3.05, 3.63) is 46.7 Å². The van der Waals surface area contributed by atoms with Crippen molar-refractivity contribution in [2.75, 3.05) is 0 Å². The average Bonchev–Trinajstić information content (AvgIpc) is 2.64. The van der Waals surface area contributed by atoms with Crippen LogP contribution >= 0.6 is 15.9 Å². The minimum atomic E-state index is -4.30. The highest BCUT2D eigenvalue weighted by molar-refractivity contribution is 9.10. The van der Waals surface area contributed by atoms with Crippen molar-refractivity contribution < 1.29 is 13.2 Å². The molecule has 0 saturated heterocycles. The van der Waals surface area contributed by atoms with Crippen LogP contribution in [0.3, 0.4) is 0 Å². The zero-order chi connectivity index (χ0) is 11.8. The van der Waals surface area contributed by atoms with Gasteiger partial charge < -0.3 is 0 Å². The zero-order valence-corrected chi connectivity index (χ0v) is 9.46. The van der Waals surface area contributed by atoms with Gasteiger partial charge in [-0.3, -0.25) is 0 Å². The molecule has 2 aromatic rings. The standard InChI is InChI=1S/C10H6BrF3N2/c11-9-5-6-16(15-9)8-3-1-7(2-4-8)10(12,13)14/h1-6H. The van der Waals surface area contributed by atoms with Gasteiger partial charge in [0.05, 0.1) is 11.3 Å². The van der Waals surface area contributed by atoms with Crippen LogP contribution in [0.2, 0.25) is 0 Å². The summed E-state index contributed by atoms with van der Waals surface area (Å²) in [5.74, 6) is 0. The number of halogens is 4. The molecule has 1 aromatic heterocycles. The van der Waals surface area contributed by atoms with Gasteiger partial charge in [-0.2, -0.15) is 18.3 Å². The van der Waals surface area contributed by atoms with E-state index in [0.717, 1.165) is 12.1 Å². The molecule has 2 nitrogen and oxygen atoms in total. The Morgan fingerprint density at radius 3 is 2.12 bits per heavy atom. The summed E-state index contributed by atoms with van der Waals surface area (Å²) in [5.41, 5.74) is -0.0822. The van der Waals surface area contributed by atoms with Crippen LogP contribution in [0.15, 0.2) is 41.1 Å². The van der Waals surface area contributed by atoms with E-state index >= 15 is 0 Å². The molecule has 0 fully saturated rings. The van der Waals surface area contributed by atoms with Gasteiger partial charge in [-0.05, 0) is 46.3 Å². The summed E-state index contributed by atoms with van der Waals surface area (Å²) in [4.78, 5) is 0. The molecular formula is C10H6BrF3N2. The van der Waals surface area contributed by atoms with Gasteiger partial charge in [0.1, 0.15) is 4.60 Å². The van der Waals surface area contributed by atoms with E-state index < -0.39 is 11.7 Å². The zero-order valence-electron chi connectivity index (χ0n) is 7.87. The molecule has 1 heterocycles. The van der Waals surface area contributed by atoms with Gasteiger partial charge in [0, 0.05) is 6.20 Å². The molecular weight excluding hydrogens is 285 g/mol. The Hall–Kier alpha value is -1.30. The van der Waals surface area contributed by atoms with E-state index in [0.29, 0.717) is 10.3 Å². The summed E-state index contributed by atoms with van der Waals surface area (Å²) in [7, 11) is 0. The third kappa shape index (κ3) is 2.27. The van der Waals surface area contributed by atoms with Gasteiger partial charge in [-0.25, -0.2) is 4.68 Å². The highest BCUT2D eigenvalue weighted by Gasteiger charge is 2.29. The number of aromatic nitrogens is 2. The number of hydrogen-bond donors (Lipinski definition) is 0. The summed E-state index contributed by atoms with van der Waals surface area (Å²) in [6, 6.07) is 6.53. The first-order valence-electron chi connectivity index (χ1n) is 4.35. The third-order valence-electron chi connectivity index (χ3n) is 2.02. The van der Waals surface area contributed by atoms with Crippen LogP contribution in [0.1, 0.15) is 5.56 Å². The average molecular weight is 291 g/mol. The number of alkyl halides is 3. The van der Waals surface area contributed by atoms with Gasteiger partial charge in [0.25, 0.3) is 0 Å². The highest BCUT2D eigenvalue weighted by atomic mass is 79.9. The van der Waals surface area contributed by atoms with Gasteiger partial charge >= 0.3 is 6.18 Å². The second-order valence-electron chi connectivity index (χ2n) is 3.13. The molecule has 0 unspecified atom stereocenters. The molecule has 0 bridgehead atoms. The maximum Gasteiger partial charge on any atom is 0.416 e. The maximum atomic E-state index is 12.3. The van der Waals surface area contributed by atoms with Crippen LogP contribution < -0.4 is 0 Å². The molecule has 0 radical (unpaired) electrons. The first-order valence-corrected chi connectivity index (χ1v) is 5.15. The lowest BCUT2D eigenvalue weighted by Crippen LogP contribution is -2.05. The second kappa shape index (κ2) is 3.93. The predicted molar refractivity (Wildman–Crippen MR) is 56.3 cm³/mol. The molecule has 0 aliphatic carbocycles. The van der Waals surface area contributed by atoms with Crippen molar-refractivity contribution in [2.24, 2.45) is 0 Å². The fourth-order valence-electron chi connectivity index (χ4n) is 1.25. The first-order chi connectivity index (χ1) is 7.47. The number of hydrogen-bond acceptors (Lipinski definition) is 1. The number of rotatable bonds is 1. The molecule has 6 heteroatoms. The van der Waals surface area contributed by atoms with E-state index in [-0.39, 0.29) is 0 Å². The van der Waals surface area contributed by atoms with E-state index in [9.17, 15) is 13.2 Å². The summed E-state index contributed by atoms with van der Waals surface area (Å²) in [5, 5.41) is 4.02. The van der Waals surface area contributed by atoms with Crippen LogP contribution in [0, 0.1) is 0 Å². The maximum absolute atomic E-state index is 12.3. The first kappa shape index (κ1) is 11.2. The van der Waals surface area contributed by atoms with Crippen LogP contribution in [-0.4, -0.2) is 9.78 Å². The Morgan fingerprint density at radius 1 is 1.06 bits per heavy atom. The fourth-order valence-corrected chi connectivity index (χ4v) is 1.54. The Bertz CT molecular complexity index is 488. The quantitative estimate of drug-likeness (QED) is 0.784. The van der Waals surface area contributed by atoms with Crippen LogP contribution in [0.25, 0.3) is 5.69 Å². The Morgan fingerprint density at radius 2 is 1.69 bits per heavy atom. The number of nitrogens with zero attached hydrogens (tertiary/aromatic N) is 2. The lowest BCUT2D eigenvalue weighted by molar-refractivity contribution is -0.137. The minimum absolute atomic E-state index is 0.582. The molecule has 84 valence electrons. The van der Waals surface area contributed by atoms with Crippen molar-refractivity contribution in [3.63, 3.8) is 0 Å². The van der Waals surface area contributed by atoms with Crippen molar-refractivity contribution in [1.82, 2.24) is 9.78 Å². The van der Waals surface area contributed by atoms with E-state index in [1.807, 2.05) is 0 Å². The molecule has 16 heavy (non-hydrogen) atoms. The summed E-state index contributed by atoms with van der Waals surface area (Å²) in [6.07, 6.45) is -2.64. The van der Waals surface area contributed by atoms with Crippen LogP contribution in [-0.2, 0) is 6.18 Å². The van der Waals surface area contributed by atoms with Gasteiger partial charge in [0.15, 0.2) is 0 Å². The van der Waals surface area contributed by atoms with Crippen LogP contribution in [0.5, 0.6) is 0 Å². The SMILES string of the molecule is FC(F)(F)c1ccc(-n2ccc(Br)n2)cc1. The van der Waals surface area contributed by atoms with E-state index in [1.54, 1.807) is 12.3 Å². The molecule has 0 aliphatic rings. The predicted octanol–water partition coefficient (Wildman–Crippen LogP) is 3.65. The Labute approximate surface area is 97.8 Å². The van der Waals surface area contributed by atoms with E-state index in [1.165, 1.54) is 16.8 Å². The third-order valence-corrected chi connectivity index (χ3v) is 2.44. The number of benzene rings is 1. The molecule has 1 aromatic carbocycles. The Kier molecular flexibility index (Phi) is 2.75. The molecule has 0 atom stereocenters. The van der Waals surface area contributed by atoms with Crippen LogP contribution in [0.4, 0.5) is 13.2 Å². The molecule has 0 aliphatic heterocycles. The van der Waals surface area contributed by atoms with E-state index in [2.05, 4.69) is 21.0 Å². The normalized spacial score (nSPS) is 11.8. The molecule has 0 saturated carbocycles. The Balaban J connectivity index is 2.33. The topological polar surface area (TPSA) is 17.8 Å². The van der Waals surface area contributed by atoms with E-state index in [4.69, 9.17) is 0 Å². The lowest BCUT2D eigenvalue weighted by Gasteiger charge is -2.07. The highest BCUT2D eigenvalue weighted by Crippen LogP contribution is 2.29. The summed E-state index contributed by atoms with van der Waals surface area (Å²) < 4.78 is 39.0. The summed E-state index contributed by atoms with van der Waals surface area (Å²) in [6.45, 7) is 0. The van der Waals surface area contributed by atoms with Gasteiger partial charge in [-0.1, -0.05) is 0 Å². The summed E-state index contributed by atoms with van der Waals surface area (Å²) >= 11 is 3.16. The molecule has 0 N–H and O–H groups in total. The van der Waals surface area contributed by atoms with Crippen molar-refractivity contribution in [2.45, 2.75) is 6.18 Å².